The lowest BCUT2D eigenvalue weighted by atomic mass is 9.98. The van der Waals surface area contributed by atoms with Crippen LogP contribution >= 0.6 is 0 Å². The fourth-order valence-electron chi connectivity index (χ4n) is 4.66. The van der Waals surface area contributed by atoms with Crippen LogP contribution in [-0.2, 0) is 4.74 Å². The van der Waals surface area contributed by atoms with Crippen molar-refractivity contribution in [1.82, 2.24) is 9.88 Å². The quantitative estimate of drug-likeness (QED) is 0.552. The van der Waals surface area contributed by atoms with Gasteiger partial charge in [-0.2, -0.15) is 18.2 Å². The Balaban J connectivity index is 1.62. The number of aliphatic hydroxyl groups is 1. The van der Waals surface area contributed by atoms with Gasteiger partial charge < -0.3 is 29.7 Å². The molecule has 0 spiro atoms. The number of pyridine rings is 1. The van der Waals surface area contributed by atoms with Crippen LogP contribution in [0.4, 0.5) is 33.9 Å². The van der Waals surface area contributed by atoms with E-state index in [0.29, 0.717) is 48.8 Å². The van der Waals surface area contributed by atoms with E-state index in [0.717, 1.165) is 4.90 Å². The molecule has 2 N–H and O–H groups in total. The topological polar surface area (TPSA) is 87.2 Å². The number of aliphatic hydroxyl groups excluding tert-OH is 1. The van der Waals surface area contributed by atoms with Gasteiger partial charge in [0.15, 0.2) is 0 Å². The highest BCUT2D eigenvalue weighted by molar-refractivity contribution is 5.91. The zero-order chi connectivity index (χ0) is 26.7. The lowest BCUT2D eigenvalue weighted by Crippen LogP contribution is -2.36. The fourth-order valence-corrected chi connectivity index (χ4v) is 4.66. The first-order valence-electron chi connectivity index (χ1n) is 12.1. The number of likely N-dealkylation sites (tertiary alicyclic amines) is 1. The highest BCUT2D eigenvalue weighted by Gasteiger charge is 2.49. The number of morpholine rings is 1. The third-order valence-electron chi connectivity index (χ3n) is 6.65. The van der Waals surface area contributed by atoms with E-state index in [1.54, 1.807) is 13.0 Å². The normalized spacial score (nSPS) is 20.3. The Kier molecular flexibility index (Phi) is 8.08. The molecule has 2 fully saturated rings. The molecular formula is C25H30F4N4O4. The molecule has 2 aliphatic rings. The summed E-state index contributed by atoms with van der Waals surface area (Å²) in [5.74, 6) is -2.19. The molecule has 2 aromatic rings. The number of urea groups is 1. The minimum atomic E-state index is -4.41. The van der Waals surface area contributed by atoms with Crippen LogP contribution in [0.1, 0.15) is 12.5 Å². The molecule has 8 nitrogen and oxygen atoms in total. The lowest BCUT2D eigenvalue weighted by molar-refractivity contribution is -0.178. The Morgan fingerprint density at radius 3 is 2.59 bits per heavy atom. The number of carbonyl (C=O) groups excluding carboxylic acids is 1. The summed E-state index contributed by atoms with van der Waals surface area (Å²) in [6.45, 7) is 4.75. The molecule has 3 heterocycles. The summed E-state index contributed by atoms with van der Waals surface area (Å²) >= 11 is 0. The molecule has 2 amide bonds. The molecule has 1 aromatic heterocycles. The van der Waals surface area contributed by atoms with Gasteiger partial charge in [-0.25, -0.2) is 9.18 Å². The maximum atomic E-state index is 14.9. The molecule has 37 heavy (non-hydrogen) atoms. The largest absolute Gasteiger partial charge is 0.475 e. The van der Waals surface area contributed by atoms with E-state index in [9.17, 15) is 22.4 Å². The number of halogens is 4. The van der Waals surface area contributed by atoms with E-state index in [1.807, 2.05) is 11.0 Å². The molecule has 2 atom stereocenters. The Bertz CT molecular complexity index is 1120. The second kappa shape index (κ2) is 11.1. The first-order valence-corrected chi connectivity index (χ1v) is 12.1. The molecule has 2 saturated heterocycles. The van der Waals surface area contributed by atoms with Crippen molar-refractivity contribution in [2.45, 2.75) is 20.0 Å². The summed E-state index contributed by atoms with van der Waals surface area (Å²) in [7, 11) is 0. The minimum Gasteiger partial charge on any atom is -0.475 e. The molecule has 0 bridgehead atoms. The summed E-state index contributed by atoms with van der Waals surface area (Å²) in [6.07, 6.45) is -4.41. The van der Waals surface area contributed by atoms with Gasteiger partial charge in [-0.15, -0.1) is 0 Å². The van der Waals surface area contributed by atoms with Crippen molar-refractivity contribution in [1.29, 1.82) is 0 Å². The molecule has 2 unspecified atom stereocenters. The van der Waals surface area contributed by atoms with Gasteiger partial charge in [-0.1, -0.05) is 6.92 Å². The van der Waals surface area contributed by atoms with Crippen molar-refractivity contribution in [3.05, 3.63) is 35.6 Å². The van der Waals surface area contributed by atoms with Crippen molar-refractivity contribution < 1.29 is 36.9 Å². The molecule has 0 aliphatic carbocycles. The predicted molar refractivity (Wildman–Crippen MR) is 129 cm³/mol. The number of alkyl halides is 3. The third-order valence-corrected chi connectivity index (χ3v) is 6.65. The average Bonchev–Trinajstić information content (AvgIpc) is 3.27. The molecule has 2 aliphatic heterocycles. The second-order valence-electron chi connectivity index (χ2n) is 9.33. The number of ether oxygens (including phenoxy) is 2. The van der Waals surface area contributed by atoms with Gasteiger partial charge in [-0.3, -0.25) is 0 Å². The minimum absolute atomic E-state index is 0.0376. The summed E-state index contributed by atoms with van der Waals surface area (Å²) < 4.78 is 65.6. The summed E-state index contributed by atoms with van der Waals surface area (Å²) in [4.78, 5) is 20.4. The first-order chi connectivity index (χ1) is 17.6. The molecule has 202 valence electrons. The van der Waals surface area contributed by atoms with E-state index < -0.39 is 36.4 Å². The number of aryl methyl sites for hydroxylation is 1. The van der Waals surface area contributed by atoms with Gasteiger partial charge >= 0.3 is 12.2 Å². The zero-order valence-corrected chi connectivity index (χ0v) is 20.6. The standard InChI is InChI=1S/C25H30F4N4O4/c1-15-9-20(26)21(30-24(35)33-13-16(2)19(14-33)25(27,28)29)12-18(15)17-10-22(32-3-6-36-7-4-32)31-23(11-17)37-8-5-34/h9-12,16,19,34H,3-8,13-14H2,1-2H3,(H,30,35). The van der Waals surface area contributed by atoms with Crippen LogP contribution in [0, 0.1) is 24.6 Å². The van der Waals surface area contributed by atoms with Crippen LogP contribution in [0.25, 0.3) is 11.1 Å². The number of aromatic nitrogens is 1. The Labute approximate surface area is 212 Å². The van der Waals surface area contributed by atoms with E-state index in [1.165, 1.54) is 19.1 Å². The Morgan fingerprint density at radius 2 is 1.95 bits per heavy atom. The van der Waals surface area contributed by atoms with Crippen molar-refractivity contribution in [2.24, 2.45) is 11.8 Å². The van der Waals surface area contributed by atoms with E-state index in [2.05, 4.69) is 10.3 Å². The monoisotopic (exact) mass is 526 g/mol. The summed E-state index contributed by atoms with van der Waals surface area (Å²) in [6, 6.07) is 5.40. The number of nitrogens with one attached hydrogen (secondary N) is 1. The number of rotatable bonds is 6. The molecule has 1 aromatic carbocycles. The van der Waals surface area contributed by atoms with Crippen molar-refractivity contribution in [3.8, 4) is 17.0 Å². The smallest absolute Gasteiger partial charge is 0.393 e. The number of hydrogen-bond acceptors (Lipinski definition) is 6. The van der Waals surface area contributed by atoms with Crippen LogP contribution in [0.2, 0.25) is 0 Å². The summed E-state index contributed by atoms with van der Waals surface area (Å²) in [5, 5.41) is 11.6. The van der Waals surface area contributed by atoms with E-state index in [4.69, 9.17) is 14.6 Å². The first kappa shape index (κ1) is 26.9. The number of amides is 2. The fraction of sp³-hybridized carbons (Fsp3) is 0.520. The van der Waals surface area contributed by atoms with Gasteiger partial charge in [0.25, 0.3) is 0 Å². The Hall–Kier alpha value is -3.12. The molecule has 0 saturated carbocycles. The van der Waals surface area contributed by atoms with E-state index in [-0.39, 0.29) is 31.3 Å². The number of hydrogen-bond donors (Lipinski definition) is 2. The third kappa shape index (κ3) is 6.24. The average molecular weight is 527 g/mol. The van der Waals surface area contributed by atoms with E-state index >= 15 is 0 Å². The molecule has 0 radical (unpaired) electrons. The van der Waals surface area contributed by atoms with Crippen LogP contribution in [0.5, 0.6) is 5.88 Å². The highest BCUT2D eigenvalue weighted by atomic mass is 19.4. The van der Waals surface area contributed by atoms with Gasteiger partial charge in [0.1, 0.15) is 18.2 Å². The number of anilines is 2. The van der Waals surface area contributed by atoms with Gasteiger partial charge in [0, 0.05) is 32.2 Å². The maximum absolute atomic E-state index is 14.9. The highest BCUT2D eigenvalue weighted by Crippen LogP contribution is 2.38. The van der Waals surface area contributed by atoms with Crippen LogP contribution in [0.15, 0.2) is 24.3 Å². The van der Waals surface area contributed by atoms with Crippen LogP contribution in [-0.4, -0.2) is 79.8 Å². The maximum Gasteiger partial charge on any atom is 0.393 e. The number of carbonyl (C=O) groups is 1. The molecule has 4 rings (SSSR count). The van der Waals surface area contributed by atoms with Crippen LogP contribution in [0.3, 0.4) is 0 Å². The van der Waals surface area contributed by atoms with Crippen molar-refractivity contribution >= 4 is 17.5 Å². The zero-order valence-electron chi connectivity index (χ0n) is 20.6. The van der Waals surface area contributed by atoms with Crippen LogP contribution < -0.4 is 15.0 Å². The van der Waals surface area contributed by atoms with Crippen molar-refractivity contribution in [2.75, 3.05) is 62.8 Å². The predicted octanol–water partition coefficient (Wildman–Crippen LogP) is 4.07. The lowest BCUT2D eigenvalue weighted by Gasteiger charge is -2.28. The second-order valence-corrected chi connectivity index (χ2v) is 9.33. The number of benzene rings is 1. The van der Waals surface area contributed by atoms with Gasteiger partial charge in [0.05, 0.1) is 31.4 Å². The van der Waals surface area contributed by atoms with Crippen molar-refractivity contribution in [3.63, 3.8) is 0 Å². The summed E-state index contributed by atoms with van der Waals surface area (Å²) in [5.41, 5.74) is 1.67. The van der Waals surface area contributed by atoms with Gasteiger partial charge in [-0.05, 0) is 47.7 Å². The molecule has 12 heteroatoms. The van der Waals surface area contributed by atoms with Gasteiger partial charge in [0.2, 0.25) is 5.88 Å². The SMILES string of the molecule is Cc1cc(F)c(NC(=O)N2CC(C)C(C(F)(F)F)C2)cc1-c1cc(OCCO)nc(N2CCOCC2)c1. The molecular weight excluding hydrogens is 496 g/mol. The Morgan fingerprint density at radius 1 is 1.22 bits per heavy atom. The number of nitrogens with zero attached hydrogens (tertiary/aromatic N) is 3.